The summed E-state index contributed by atoms with van der Waals surface area (Å²) in [6, 6.07) is 5.69. The van der Waals surface area contributed by atoms with Gasteiger partial charge in [-0.2, -0.15) is 5.10 Å². The summed E-state index contributed by atoms with van der Waals surface area (Å²) in [5.41, 5.74) is 6.44. The lowest BCUT2D eigenvalue weighted by atomic mass is 10.2. The number of nitrogen functional groups attached to an aromatic ring is 1. The Balaban J connectivity index is 1.91. The van der Waals surface area contributed by atoms with Crippen molar-refractivity contribution in [1.29, 1.82) is 0 Å². The number of aromatic nitrogens is 2. The Kier molecular flexibility index (Phi) is 3.79. The van der Waals surface area contributed by atoms with Gasteiger partial charge in [-0.3, -0.25) is 4.68 Å². The van der Waals surface area contributed by atoms with Crippen LogP contribution >= 0.6 is 0 Å². The lowest BCUT2D eigenvalue weighted by molar-refractivity contribution is 0.0507. The Bertz CT molecular complexity index is 595. The fourth-order valence-corrected chi connectivity index (χ4v) is 1.63. The molecular formula is C13H14FN3O2. The van der Waals surface area contributed by atoms with Gasteiger partial charge in [-0.05, 0) is 24.3 Å². The number of benzene rings is 1. The zero-order valence-electron chi connectivity index (χ0n) is 10.5. The van der Waals surface area contributed by atoms with Crippen LogP contribution in [0.25, 0.3) is 0 Å². The van der Waals surface area contributed by atoms with Gasteiger partial charge in [0.25, 0.3) is 0 Å². The van der Waals surface area contributed by atoms with Crippen LogP contribution < -0.4 is 5.73 Å². The molecule has 0 spiro atoms. The molecular weight excluding hydrogens is 249 g/mol. The third kappa shape index (κ3) is 3.09. The van der Waals surface area contributed by atoms with Crippen LogP contribution in [0.2, 0.25) is 0 Å². The standard InChI is InChI=1S/C13H14FN3O2/c1-17-10(4-6-16-17)5-7-19-13(18)9-2-3-12(15)11(14)8-9/h2-4,6,8H,5,7,15H2,1H3. The zero-order chi connectivity index (χ0) is 13.8. The van der Waals surface area contributed by atoms with Gasteiger partial charge >= 0.3 is 5.97 Å². The summed E-state index contributed by atoms with van der Waals surface area (Å²) in [4.78, 5) is 11.7. The number of rotatable bonds is 4. The first-order chi connectivity index (χ1) is 9.08. The summed E-state index contributed by atoms with van der Waals surface area (Å²) in [5.74, 6) is -1.19. The molecule has 1 aromatic carbocycles. The van der Waals surface area contributed by atoms with Crippen molar-refractivity contribution in [3.63, 3.8) is 0 Å². The van der Waals surface area contributed by atoms with E-state index in [4.69, 9.17) is 10.5 Å². The average Bonchev–Trinajstić information content (AvgIpc) is 2.78. The summed E-state index contributed by atoms with van der Waals surface area (Å²) in [5, 5.41) is 4.01. The van der Waals surface area contributed by atoms with Crippen LogP contribution in [0, 0.1) is 5.82 Å². The number of carbonyl (C=O) groups excluding carboxylic acids is 1. The van der Waals surface area contributed by atoms with Gasteiger partial charge in [0, 0.05) is 25.4 Å². The maximum Gasteiger partial charge on any atom is 0.338 e. The molecule has 1 aromatic heterocycles. The normalized spacial score (nSPS) is 10.4. The van der Waals surface area contributed by atoms with E-state index in [1.54, 1.807) is 10.9 Å². The minimum Gasteiger partial charge on any atom is -0.462 e. The second kappa shape index (κ2) is 5.51. The predicted octanol–water partition coefficient (Wildman–Crippen LogP) is 1.54. The van der Waals surface area contributed by atoms with E-state index in [0.29, 0.717) is 6.42 Å². The molecule has 2 N–H and O–H groups in total. The van der Waals surface area contributed by atoms with Crippen molar-refractivity contribution < 1.29 is 13.9 Å². The number of carbonyl (C=O) groups is 1. The molecule has 2 aromatic rings. The first kappa shape index (κ1) is 13.1. The smallest absolute Gasteiger partial charge is 0.338 e. The third-order valence-corrected chi connectivity index (χ3v) is 2.75. The number of hydrogen-bond acceptors (Lipinski definition) is 4. The van der Waals surface area contributed by atoms with Gasteiger partial charge < -0.3 is 10.5 Å². The Morgan fingerprint density at radius 2 is 2.26 bits per heavy atom. The minimum absolute atomic E-state index is 0.00596. The molecule has 0 aliphatic rings. The Morgan fingerprint density at radius 1 is 1.47 bits per heavy atom. The number of aryl methyl sites for hydroxylation is 1. The molecule has 0 aliphatic carbocycles. The van der Waals surface area contributed by atoms with E-state index < -0.39 is 11.8 Å². The van der Waals surface area contributed by atoms with Crippen LogP contribution in [0.15, 0.2) is 30.5 Å². The fourth-order valence-electron chi connectivity index (χ4n) is 1.63. The number of ether oxygens (including phenoxy) is 1. The first-order valence-corrected chi connectivity index (χ1v) is 5.77. The van der Waals surface area contributed by atoms with Crippen LogP contribution in [0.1, 0.15) is 16.1 Å². The van der Waals surface area contributed by atoms with Crippen molar-refractivity contribution in [3.05, 3.63) is 47.5 Å². The van der Waals surface area contributed by atoms with E-state index in [1.807, 2.05) is 13.1 Å². The van der Waals surface area contributed by atoms with Crippen molar-refractivity contribution in [2.75, 3.05) is 12.3 Å². The fraction of sp³-hybridized carbons (Fsp3) is 0.231. The number of hydrogen-bond donors (Lipinski definition) is 1. The van der Waals surface area contributed by atoms with E-state index in [0.717, 1.165) is 11.8 Å². The first-order valence-electron chi connectivity index (χ1n) is 5.77. The second-order valence-electron chi connectivity index (χ2n) is 4.07. The topological polar surface area (TPSA) is 70.1 Å². The summed E-state index contributed by atoms with van der Waals surface area (Å²) in [7, 11) is 1.81. The molecule has 1 heterocycles. The second-order valence-corrected chi connectivity index (χ2v) is 4.07. The highest BCUT2D eigenvalue weighted by molar-refractivity contribution is 5.89. The highest BCUT2D eigenvalue weighted by atomic mass is 19.1. The third-order valence-electron chi connectivity index (χ3n) is 2.75. The van der Waals surface area contributed by atoms with Crippen molar-refractivity contribution in [2.45, 2.75) is 6.42 Å². The van der Waals surface area contributed by atoms with E-state index in [-0.39, 0.29) is 17.9 Å². The molecule has 0 unspecified atom stereocenters. The summed E-state index contributed by atoms with van der Waals surface area (Å²) < 4.78 is 20.0. The monoisotopic (exact) mass is 263 g/mol. The number of halogens is 1. The number of esters is 1. The maximum absolute atomic E-state index is 13.2. The number of nitrogens with zero attached hydrogens (tertiary/aromatic N) is 2. The van der Waals surface area contributed by atoms with Gasteiger partial charge in [0.2, 0.25) is 0 Å². The Morgan fingerprint density at radius 3 is 2.89 bits per heavy atom. The molecule has 0 atom stereocenters. The maximum atomic E-state index is 13.2. The van der Waals surface area contributed by atoms with Gasteiger partial charge in [-0.25, -0.2) is 9.18 Å². The van der Waals surface area contributed by atoms with Crippen LogP contribution in [-0.4, -0.2) is 22.4 Å². The largest absolute Gasteiger partial charge is 0.462 e. The van der Waals surface area contributed by atoms with Gasteiger partial charge in [0.15, 0.2) is 0 Å². The predicted molar refractivity (Wildman–Crippen MR) is 68.0 cm³/mol. The van der Waals surface area contributed by atoms with E-state index in [2.05, 4.69) is 5.10 Å². The molecule has 2 rings (SSSR count). The molecule has 0 fully saturated rings. The zero-order valence-corrected chi connectivity index (χ0v) is 10.5. The SMILES string of the molecule is Cn1nccc1CCOC(=O)c1ccc(N)c(F)c1. The highest BCUT2D eigenvalue weighted by Gasteiger charge is 2.10. The summed E-state index contributed by atoms with van der Waals surface area (Å²) in [6.07, 6.45) is 2.23. The molecule has 0 amide bonds. The highest BCUT2D eigenvalue weighted by Crippen LogP contribution is 2.13. The van der Waals surface area contributed by atoms with Crippen LogP contribution in [0.3, 0.4) is 0 Å². The van der Waals surface area contributed by atoms with Crippen molar-refractivity contribution in [2.24, 2.45) is 7.05 Å². The van der Waals surface area contributed by atoms with Crippen molar-refractivity contribution in [1.82, 2.24) is 9.78 Å². The number of nitrogens with two attached hydrogens (primary N) is 1. The number of anilines is 1. The van der Waals surface area contributed by atoms with E-state index in [1.165, 1.54) is 12.1 Å². The molecule has 0 aliphatic heterocycles. The van der Waals surface area contributed by atoms with E-state index in [9.17, 15) is 9.18 Å². The van der Waals surface area contributed by atoms with E-state index >= 15 is 0 Å². The summed E-state index contributed by atoms with van der Waals surface area (Å²) >= 11 is 0. The summed E-state index contributed by atoms with van der Waals surface area (Å²) in [6.45, 7) is 0.213. The van der Waals surface area contributed by atoms with Crippen LogP contribution in [0.4, 0.5) is 10.1 Å². The Hall–Kier alpha value is -2.37. The average molecular weight is 263 g/mol. The molecule has 100 valence electrons. The molecule has 19 heavy (non-hydrogen) atoms. The molecule has 0 radical (unpaired) electrons. The minimum atomic E-state index is -0.624. The molecule has 0 bridgehead atoms. The van der Waals surface area contributed by atoms with Gasteiger partial charge in [-0.15, -0.1) is 0 Å². The molecule has 6 heteroatoms. The van der Waals surface area contributed by atoms with Crippen molar-refractivity contribution >= 4 is 11.7 Å². The van der Waals surface area contributed by atoms with Gasteiger partial charge in [0.05, 0.1) is 17.9 Å². The van der Waals surface area contributed by atoms with Crippen LogP contribution in [-0.2, 0) is 18.2 Å². The lowest BCUT2D eigenvalue weighted by Crippen LogP contribution is -2.10. The van der Waals surface area contributed by atoms with Gasteiger partial charge in [-0.1, -0.05) is 0 Å². The molecule has 0 saturated carbocycles. The quantitative estimate of drug-likeness (QED) is 0.671. The molecule has 5 nitrogen and oxygen atoms in total. The van der Waals surface area contributed by atoms with Gasteiger partial charge in [0.1, 0.15) is 5.82 Å². The Labute approximate surface area is 109 Å². The lowest BCUT2D eigenvalue weighted by Gasteiger charge is -2.06. The molecule has 0 saturated heterocycles. The van der Waals surface area contributed by atoms with Crippen LogP contribution in [0.5, 0.6) is 0 Å². The van der Waals surface area contributed by atoms with Crippen molar-refractivity contribution in [3.8, 4) is 0 Å².